The van der Waals surface area contributed by atoms with Gasteiger partial charge in [0.25, 0.3) is 0 Å². The van der Waals surface area contributed by atoms with Crippen LogP contribution in [0.1, 0.15) is 51.4 Å². The fourth-order valence-corrected chi connectivity index (χ4v) is 4.20. The molecule has 1 amide bonds. The van der Waals surface area contributed by atoms with Crippen molar-refractivity contribution >= 4 is 17.3 Å². The number of hydrogen-bond acceptors (Lipinski definition) is 4. The number of nitrogens with one attached hydrogen (secondary N) is 1. The van der Waals surface area contributed by atoms with Crippen LogP contribution in [0.5, 0.6) is 0 Å². The summed E-state index contributed by atoms with van der Waals surface area (Å²) in [7, 11) is 0. The number of anilines is 2. The van der Waals surface area contributed by atoms with E-state index in [0.717, 1.165) is 37.7 Å². The Hall–Kier alpha value is -1.59. The number of nitrogens with two attached hydrogens (primary N) is 1. The summed E-state index contributed by atoms with van der Waals surface area (Å²) in [6.45, 7) is 5.19. The smallest absolute Gasteiger partial charge is 0.224 e. The topological polar surface area (TPSA) is 61.6 Å². The van der Waals surface area contributed by atoms with Crippen molar-refractivity contribution in [3.8, 4) is 0 Å². The SMILES string of the molecule is NCCCCC(=O)Nc1ccc(N2CCN(C3CCCCC3)CC2)cc1. The van der Waals surface area contributed by atoms with Gasteiger partial charge in [0.2, 0.25) is 5.91 Å². The maximum atomic E-state index is 11.9. The monoisotopic (exact) mass is 358 g/mol. The lowest BCUT2D eigenvalue weighted by molar-refractivity contribution is -0.116. The zero-order valence-corrected chi connectivity index (χ0v) is 16.0. The third kappa shape index (κ3) is 5.45. The number of rotatable bonds is 7. The number of amides is 1. The zero-order chi connectivity index (χ0) is 18.2. The third-order valence-electron chi connectivity index (χ3n) is 5.78. The van der Waals surface area contributed by atoms with Gasteiger partial charge in [-0.25, -0.2) is 0 Å². The van der Waals surface area contributed by atoms with Crippen molar-refractivity contribution in [2.75, 3.05) is 42.9 Å². The molecule has 3 rings (SSSR count). The van der Waals surface area contributed by atoms with Crippen molar-refractivity contribution in [3.05, 3.63) is 24.3 Å². The first kappa shape index (κ1) is 19.2. The van der Waals surface area contributed by atoms with E-state index in [-0.39, 0.29) is 5.91 Å². The summed E-state index contributed by atoms with van der Waals surface area (Å²) in [5.41, 5.74) is 7.61. The molecule has 144 valence electrons. The molecule has 2 fully saturated rings. The third-order valence-corrected chi connectivity index (χ3v) is 5.78. The van der Waals surface area contributed by atoms with Gasteiger partial charge in [0, 0.05) is 50.0 Å². The number of piperazine rings is 1. The average Bonchev–Trinajstić information content (AvgIpc) is 2.70. The maximum Gasteiger partial charge on any atom is 0.224 e. The first-order valence-electron chi connectivity index (χ1n) is 10.4. The summed E-state index contributed by atoms with van der Waals surface area (Å²) in [5, 5.41) is 2.97. The quantitative estimate of drug-likeness (QED) is 0.735. The summed E-state index contributed by atoms with van der Waals surface area (Å²) in [4.78, 5) is 17.1. The second kappa shape index (κ2) is 9.93. The van der Waals surface area contributed by atoms with E-state index in [2.05, 4.69) is 27.2 Å². The second-order valence-corrected chi connectivity index (χ2v) is 7.66. The molecular weight excluding hydrogens is 324 g/mol. The van der Waals surface area contributed by atoms with Crippen LogP contribution in [0.2, 0.25) is 0 Å². The van der Waals surface area contributed by atoms with Crippen LogP contribution >= 0.6 is 0 Å². The van der Waals surface area contributed by atoms with Crippen LogP contribution < -0.4 is 16.0 Å². The summed E-state index contributed by atoms with van der Waals surface area (Å²) >= 11 is 0. The first-order valence-corrected chi connectivity index (χ1v) is 10.4. The van der Waals surface area contributed by atoms with Crippen molar-refractivity contribution in [2.24, 2.45) is 5.73 Å². The molecule has 0 unspecified atom stereocenters. The van der Waals surface area contributed by atoms with Gasteiger partial charge in [-0.05, 0) is 56.5 Å². The minimum atomic E-state index is 0.0762. The highest BCUT2D eigenvalue weighted by atomic mass is 16.1. The molecule has 1 aliphatic heterocycles. The Labute approximate surface area is 157 Å². The molecule has 1 saturated heterocycles. The van der Waals surface area contributed by atoms with Gasteiger partial charge >= 0.3 is 0 Å². The number of nitrogens with zero attached hydrogens (tertiary/aromatic N) is 2. The van der Waals surface area contributed by atoms with Crippen molar-refractivity contribution in [1.82, 2.24) is 4.90 Å². The van der Waals surface area contributed by atoms with Gasteiger partial charge < -0.3 is 16.0 Å². The summed E-state index contributed by atoms with van der Waals surface area (Å²) in [6.07, 6.45) is 9.31. The van der Waals surface area contributed by atoms with Gasteiger partial charge in [-0.3, -0.25) is 9.69 Å². The number of benzene rings is 1. The van der Waals surface area contributed by atoms with E-state index < -0.39 is 0 Å². The van der Waals surface area contributed by atoms with E-state index in [1.165, 1.54) is 50.9 Å². The molecule has 1 heterocycles. The Morgan fingerprint density at radius 2 is 1.69 bits per heavy atom. The lowest BCUT2D eigenvalue weighted by atomic mass is 9.94. The molecule has 0 bridgehead atoms. The standard InChI is InChI=1S/C21H34N4O/c22-13-5-4-8-21(26)23-18-9-11-20(12-10-18)25-16-14-24(15-17-25)19-6-2-1-3-7-19/h9-12,19H,1-8,13-17,22H2,(H,23,26). The van der Waals surface area contributed by atoms with Crippen molar-refractivity contribution in [1.29, 1.82) is 0 Å². The van der Waals surface area contributed by atoms with Crippen LogP contribution in [-0.2, 0) is 4.79 Å². The maximum absolute atomic E-state index is 11.9. The highest BCUT2D eigenvalue weighted by Gasteiger charge is 2.25. The number of carbonyl (C=O) groups excluding carboxylic acids is 1. The molecule has 2 aliphatic rings. The fraction of sp³-hybridized carbons (Fsp3) is 0.667. The van der Waals surface area contributed by atoms with E-state index in [4.69, 9.17) is 5.73 Å². The molecule has 0 aromatic heterocycles. The molecule has 1 saturated carbocycles. The number of carbonyl (C=O) groups is 1. The lowest BCUT2D eigenvalue weighted by Crippen LogP contribution is -2.50. The summed E-state index contributed by atoms with van der Waals surface area (Å²) in [6, 6.07) is 9.12. The number of unbranched alkanes of at least 4 members (excludes halogenated alkanes) is 1. The van der Waals surface area contributed by atoms with E-state index in [0.29, 0.717) is 13.0 Å². The Bertz CT molecular complexity index is 546. The van der Waals surface area contributed by atoms with Gasteiger partial charge in [0.15, 0.2) is 0 Å². The minimum Gasteiger partial charge on any atom is -0.369 e. The molecule has 0 radical (unpaired) electrons. The molecule has 5 nitrogen and oxygen atoms in total. The van der Waals surface area contributed by atoms with Crippen molar-refractivity contribution < 1.29 is 4.79 Å². The van der Waals surface area contributed by atoms with Gasteiger partial charge in [0.1, 0.15) is 0 Å². The lowest BCUT2D eigenvalue weighted by Gasteiger charge is -2.41. The van der Waals surface area contributed by atoms with Gasteiger partial charge in [-0.15, -0.1) is 0 Å². The van der Waals surface area contributed by atoms with Crippen LogP contribution in [0.15, 0.2) is 24.3 Å². The molecule has 26 heavy (non-hydrogen) atoms. The van der Waals surface area contributed by atoms with E-state index >= 15 is 0 Å². The number of hydrogen-bond donors (Lipinski definition) is 2. The van der Waals surface area contributed by atoms with Crippen LogP contribution in [0, 0.1) is 0 Å². The average molecular weight is 359 g/mol. The highest BCUT2D eigenvalue weighted by Crippen LogP contribution is 2.25. The predicted molar refractivity (Wildman–Crippen MR) is 109 cm³/mol. The van der Waals surface area contributed by atoms with Gasteiger partial charge in [-0.2, -0.15) is 0 Å². The normalized spacial score (nSPS) is 19.5. The minimum absolute atomic E-state index is 0.0762. The fourth-order valence-electron chi connectivity index (χ4n) is 4.20. The second-order valence-electron chi connectivity index (χ2n) is 7.66. The molecule has 1 aromatic rings. The van der Waals surface area contributed by atoms with Gasteiger partial charge in [0.05, 0.1) is 0 Å². The molecule has 1 aromatic carbocycles. The summed E-state index contributed by atoms with van der Waals surface area (Å²) < 4.78 is 0. The molecular formula is C21H34N4O. The largest absolute Gasteiger partial charge is 0.369 e. The van der Waals surface area contributed by atoms with Crippen LogP contribution in [0.4, 0.5) is 11.4 Å². The van der Waals surface area contributed by atoms with E-state index in [1.807, 2.05) is 12.1 Å². The molecule has 1 aliphatic carbocycles. The van der Waals surface area contributed by atoms with Crippen molar-refractivity contribution in [3.63, 3.8) is 0 Å². The molecule has 3 N–H and O–H groups in total. The van der Waals surface area contributed by atoms with Crippen molar-refractivity contribution in [2.45, 2.75) is 57.4 Å². The molecule has 0 spiro atoms. The van der Waals surface area contributed by atoms with Crippen LogP contribution in [0.3, 0.4) is 0 Å². The predicted octanol–water partition coefficient (Wildman–Crippen LogP) is 3.21. The summed E-state index contributed by atoms with van der Waals surface area (Å²) in [5.74, 6) is 0.0762. The Balaban J connectivity index is 1.44. The van der Waals surface area contributed by atoms with E-state index in [9.17, 15) is 4.79 Å². The molecule has 0 atom stereocenters. The molecule has 5 heteroatoms. The highest BCUT2D eigenvalue weighted by molar-refractivity contribution is 5.90. The Morgan fingerprint density at radius 3 is 2.35 bits per heavy atom. The Kier molecular flexibility index (Phi) is 7.32. The first-order chi connectivity index (χ1) is 12.8. The van der Waals surface area contributed by atoms with Crippen LogP contribution in [-0.4, -0.2) is 49.6 Å². The van der Waals surface area contributed by atoms with Crippen LogP contribution in [0.25, 0.3) is 0 Å². The van der Waals surface area contributed by atoms with Gasteiger partial charge in [-0.1, -0.05) is 19.3 Å². The van der Waals surface area contributed by atoms with E-state index in [1.54, 1.807) is 0 Å². The Morgan fingerprint density at radius 1 is 1.00 bits per heavy atom. The zero-order valence-electron chi connectivity index (χ0n) is 16.0.